The Kier molecular flexibility index (Phi) is 3.92. The summed E-state index contributed by atoms with van der Waals surface area (Å²) < 4.78 is 13.3. The van der Waals surface area contributed by atoms with Crippen molar-refractivity contribution in [1.29, 1.82) is 0 Å². The number of carbonyl (C=O) groups excluding carboxylic acids is 1. The monoisotopic (exact) mass is 302 g/mol. The molecule has 0 spiro atoms. The van der Waals surface area contributed by atoms with Crippen molar-refractivity contribution >= 4 is 5.91 Å². The minimum atomic E-state index is -0.219. The number of hydrogen-bond acceptors (Lipinski definition) is 3. The number of nitrogens with one attached hydrogen (secondary N) is 1. The van der Waals surface area contributed by atoms with Crippen molar-refractivity contribution in [3.63, 3.8) is 0 Å². The third kappa shape index (κ3) is 2.86. The number of carbonyl (C=O) groups is 1. The third-order valence-electron chi connectivity index (χ3n) is 4.24. The highest BCUT2D eigenvalue weighted by Gasteiger charge is 2.29. The molecule has 1 aliphatic carbocycles. The van der Waals surface area contributed by atoms with E-state index >= 15 is 0 Å². The van der Waals surface area contributed by atoms with Crippen LogP contribution >= 0.6 is 0 Å². The van der Waals surface area contributed by atoms with E-state index < -0.39 is 0 Å². The van der Waals surface area contributed by atoms with Crippen LogP contribution in [0.3, 0.4) is 0 Å². The normalized spacial score (nSPS) is 17.1. The summed E-state index contributed by atoms with van der Waals surface area (Å²) in [6.45, 7) is 2.22. The van der Waals surface area contributed by atoms with E-state index in [0.717, 1.165) is 29.8 Å². The molecule has 1 aliphatic rings. The van der Waals surface area contributed by atoms with Gasteiger partial charge in [-0.05, 0) is 37.0 Å². The Hall–Kier alpha value is -2.24. The maximum atomic E-state index is 13.3. The number of aryl methyl sites for hydroxylation is 2. The maximum absolute atomic E-state index is 13.3. The summed E-state index contributed by atoms with van der Waals surface area (Å²) >= 11 is 0. The van der Waals surface area contributed by atoms with Gasteiger partial charge in [-0.2, -0.15) is 15.4 Å². The number of benzene rings is 1. The molecular weight excluding hydrogens is 283 g/mol. The van der Waals surface area contributed by atoms with Crippen molar-refractivity contribution in [1.82, 2.24) is 20.3 Å². The third-order valence-corrected chi connectivity index (χ3v) is 4.24. The zero-order valence-electron chi connectivity index (χ0n) is 12.8. The molecule has 22 heavy (non-hydrogen) atoms. The van der Waals surface area contributed by atoms with Crippen molar-refractivity contribution < 1.29 is 9.18 Å². The van der Waals surface area contributed by atoms with Gasteiger partial charge >= 0.3 is 0 Å². The number of amides is 1. The summed E-state index contributed by atoms with van der Waals surface area (Å²) in [5.41, 5.74) is 3.41. The van der Waals surface area contributed by atoms with Crippen molar-refractivity contribution in [2.45, 2.75) is 32.7 Å². The van der Waals surface area contributed by atoms with E-state index in [2.05, 4.69) is 15.4 Å². The molecule has 1 N–H and O–H groups in total. The molecule has 0 radical (unpaired) electrons. The number of aromatic amines is 1. The number of H-pyrrole nitrogens is 1. The van der Waals surface area contributed by atoms with E-state index in [-0.39, 0.29) is 17.6 Å². The van der Waals surface area contributed by atoms with Gasteiger partial charge in [-0.1, -0.05) is 12.1 Å². The standard InChI is InChI=1S/C16H19FN4O/c1-10-7-11(3-5-13(10)17)9-21(2)16(22)12-4-6-14-15(8-12)19-20-18-14/h3,5,7,12H,4,6,8-9H2,1-2H3,(H,18,19,20)/t12-/m0/s1. The molecule has 0 bridgehead atoms. The minimum Gasteiger partial charge on any atom is -0.341 e. The van der Waals surface area contributed by atoms with Gasteiger partial charge in [0, 0.05) is 25.9 Å². The predicted molar refractivity (Wildman–Crippen MR) is 79.5 cm³/mol. The minimum absolute atomic E-state index is 0.0517. The van der Waals surface area contributed by atoms with Crippen LogP contribution in [0.1, 0.15) is 28.9 Å². The lowest BCUT2D eigenvalue weighted by atomic mass is 9.88. The predicted octanol–water partition coefficient (Wildman–Crippen LogP) is 2.02. The van der Waals surface area contributed by atoms with Gasteiger partial charge in [-0.15, -0.1) is 0 Å². The molecule has 0 saturated carbocycles. The second kappa shape index (κ2) is 5.87. The molecule has 0 fully saturated rings. The van der Waals surface area contributed by atoms with Gasteiger partial charge in [0.25, 0.3) is 0 Å². The van der Waals surface area contributed by atoms with Crippen LogP contribution in [-0.4, -0.2) is 33.3 Å². The van der Waals surface area contributed by atoms with Crippen molar-refractivity contribution in [3.05, 3.63) is 46.5 Å². The molecule has 0 aliphatic heterocycles. The second-order valence-corrected chi connectivity index (χ2v) is 5.93. The number of halogens is 1. The summed E-state index contributed by atoms with van der Waals surface area (Å²) in [7, 11) is 1.79. The lowest BCUT2D eigenvalue weighted by Crippen LogP contribution is -2.35. The second-order valence-electron chi connectivity index (χ2n) is 5.93. The largest absolute Gasteiger partial charge is 0.341 e. The zero-order chi connectivity index (χ0) is 15.7. The average molecular weight is 302 g/mol. The van der Waals surface area contributed by atoms with Crippen molar-refractivity contribution in [3.8, 4) is 0 Å². The molecule has 1 amide bonds. The summed E-state index contributed by atoms with van der Waals surface area (Å²) in [5.74, 6) is -0.164. The Morgan fingerprint density at radius 1 is 1.41 bits per heavy atom. The highest BCUT2D eigenvalue weighted by molar-refractivity contribution is 5.79. The number of nitrogens with zero attached hydrogens (tertiary/aromatic N) is 3. The average Bonchev–Trinajstić information content (AvgIpc) is 2.97. The van der Waals surface area contributed by atoms with Gasteiger partial charge < -0.3 is 4.90 Å². The van der Waals surface area contributed by atoms with E-state index in [4.69, 9.17) is 0 Å². The molecule has 1 heterocycles. The van der Waals surface area contributed by atoms with Crippen LogP contribution in [-0.2, 0) is 24.2 Å². The van der Waals surface area contributed by atoms with Crippen LogP contribution < -0.4 is 0 Å². The fraction of sp³-hybridized carbons (Fsp3) is 0.438. The zero-order valence-corrected chi connectivity index (χ0v) is 12.8. The van der Waals surface area contributed by atoms with Crippen LogP contribution in [0.25, 0.3) is 0 Å². The number of fused-ring (bicyclic) bond motifs is 1. The van der Waals surface area contributed by atoms with Crippen LogP contribution in [0.15, 0.2) is 18.2 Å². The number of hydrogen-bond donors (Lipinski definition) is 1. The summed E-state index contributed by atoms with van der Waals surface area (Å²) in [5, 5.41) is 10.8. The first-order valence-corrected chi connectivity index (χ1v) is 7.43. The van der Waals surface area contributed by atoms with Crippen molar-refractivity contribution in [2.24, 2.45) is 5.92 Å². The Labute approximate surface area is 128 Å². The van der Waals surface area contributed by atoms with Gasteiger partial charge in [0.05, 0.1) is 11.4 Å². The van der Waals surface area contributed by atoms with Gasteiger partial charge in [0.15, 0.2) is 0 Å². The highest BCUT2D eigenvalue weighted by atomic mass is 19.1. The molecule has 116 valence electrons. The van der Waals surface area contributed by atoms with E-state index in [1.54, 1.807) is 31.0 Å². The SMILES string of the molecule is Cc1cc(CN(C)C(=O)[C@H]2CCc3n[nH]nc3C2)ccc1F. The van der Waals surface area contributed by atoms with Gasteiger partial charge in [0.2, 0.25) is 5.91 Å². The van der Waals surface area contributed by atoms with Crippen LogP contribution in [0.2, 0.25) is 0 Å². The molecule has 5 nitrogen and oxygen atoms in total. The summed E-state index contributed by atoms with van der Waals surface area (Å²) in [4.78, 5) is 14.3. The summed E-state index contributed by atoms with van der Waals surface area (Å²) in [6, 6.07) is 4.96. The molecule has 0 unspecified atom stereocenters. The summed E-state index contributed by atoms with van der Waals surface area (Å²) in [6.07, 6.45) is 2.22. The van der Waals surface area contributed by atoms with Crippen molar-refractivity contribution in [2.75, 3.05) is 7.05 Å². The van der Waals surface area contributed by atoms with Gasteiger partial charge in [-0.3, -0.25) is 4.79 Å². The van der Waals surface area contributed by atoms with Gasteiger partial charge in [-0.25, -0.2) is 4.39 Å². The highest BCUT2D eigenvalue weighted by Crippen LogP contribution is 2.24. The Bertz CT molecular complexity index is 697. The van der Waals surface area contributed by atoms with Crippen LogP contribution in [0.4, 0.5) is 4.39 Å². The fourth-order valence-electron chi connectivity index (χ4n) is 2.96. The molecule has 0 saturated heterocycles. The molecule has 1 aromatic carbocycles. The first-order chi connectivity index (χ1) is 10.5. The molecule has 1 atom stereocenters. The van der Waals surface area contributed by atoms with E-state index in [1.807, 2.05) is 0 Å². The molecular formula is C16H19FN4O. The van der Waals surface area contributed by atoms with Crippen LogP contribution in [0.5, 0.6) is 0 Å². The topological polar surface area (TPSA) is 61.9 Å². The Morgan fingerprint density at radius 2 is 2.18 bits per heavy atom. The first kappa shape index (κ1) is 14.7. The quantitative estimate of drug-likeness (QED) is 0.943. The lowest BCUT2D eigenvalue weighted by Gasteiger charge is -2.25. The molecule has 6 heteroatoms. The van der Waals surface area contributed by atoms with E-state index in [9.17, 15) is 9.18 Å². The maximum Gasteiger partial charge on any atom is 0.226 e. The molecule has 1 aromatic heterocycles. The molecule has 3 rings (SSSR count). The number of aromatic nitrogens is 3. The first-order valence-electron chi connectivity index (χ1n) is 7.43. The fourth-order valence-corrected chi connectivity index (χ4v) is 2.96. The Balaban J connectivity index is 1.66. The van der Waals surface area contributed by atoms with Gasteiger partial charge in [0.1, 0.15) is 5.82 Å². The Morgan fingerprint density at radius 3 is 2.95 bits per heavy atom. The van der Waals surface area contributed by atoms with Crippen LogP contribution in [0, 0.1) is 18.7 Å². The lowest BCUT2D eigenvalue weighted by molar-refractivity contribution is -0.135. The van der Waals surface area contributed by atoms with E-state index in [1.165, 1.54) is 6.07 Å². The van der Waals surface area contributed by atoms with E-state index in [0.29, 0.717) is 18.5 Å². The number of rotatable bonds is 3. The molecule has 2 aromatic rings. The smallest absolute Gasteiger partial charge is 0.226 e.